The van der Waals surface area contributed by atoms with Gasteiger partial charge in [-0.2, -0.15) is 5.26 Å². The Morgan fingerprint density at radius 2 is 2.00 bits per heavy atom. The molecule has 1 fully saturated rings. The van der Waals surface area contributed by atoms with Crippen LogP contribution in [0.5, 0.6) is 5.75 Å². The molecule has 1 heterocycles. The molecular formula is C24H21F3N2O2. The minimum atomic E-state index is -4.78. The lowest BCUT2D eigenvalue weighted by Crippen LogP contribution is -2.40. The van der Waals surface area contributed by atoms with Crippen LogP contribution in [0.2, 0.25) is 0 Å². The second-order valence-corrected chi connectivity index (χ2v) is 8.32. The van der Waals surface area contributed by atoms with Gasteiger partial charge < -0.3 is 4.74 Å². The van der Waals surface area contributed by atoms with Crippen LogP contribution in [0.15, 0.2) is 47.5 Å². The van der Waals surface area contributed by atoms with Crippen LogP contribution in [0.4, 0.5) is 13.2 Å². The minimum Gasteiger partial charge on any atom is -0.406 e. The third kappa shape index (κ3) is 4.34. The Balaban J connectivity index is 1.70. The van der Waals surface area contributed by atoms with Crippen molar-refractivity contribution in [2.45, 2.75) is 50.8 Å². The molecule has 0 saturated heterocycles. The standard InChI is InChI=1S/C24H21F3N2O2/c1-23(14-28,13-15-5-4-6-17(11-15)31-24(25,26)27)16-9-10-19-18-7-2-3-8-20(18)22(30)29-21(19)12-16/h4-6,9-12,20H,2-3,7-8,13H2,1H3. The molecule has 0 spiro atoms. The zero-order valence-electron chi connectivity index (χ0n) is 17.0. The number of rotatable bonds is 4. The molecule has 2 unspecified atom stereocenters. The highest BCUT2D eigenvalue weighted by atomic mass is 19.4. The fourth-order valence-electron chi connectivity index (χ4n) is 4.51. The van der Waals surface area contributed by atoms with Gasteiger partial charge in [0.25, 0.3) is 5.91 Å². The van der Waals surface area contributed by atoms with Crippen LogP contribution in [0, 0.1) is 17.2 Å². The molecule has 4 rings (SSSR count). The lowest BCUT2D eigenvalue weighted by Gasteiger charge is -2.26. The van der Waals surface area contributed by atoms with Crippen molar-refractivity contribution in [2.75, 3.05) is 0 Å². The zero-order valence-corrected chi connectivity index (χ0v) is 17.0. The molecule has 0 radical (unpaired) electrons. The van der Waals surface area contributed by atoms with E-state index in [4.69, 9.17) is 0 Å². The molecule has 2 aliphatic rings. The van der Waals surface area contributed by atoms with E-state index in [2.05, 4.69) is 15.8 Å². The molecule has 1 saturated carbocycles. The Morgan fingerprint density at radius 3 is 2.74 bits per heavy atom. The number of hydrogen-bond donors (Lipinski definition) is 0. The van der Waals surface area contributed by atoms with Crippen LogP contribution in [-0.2, 0) is 16.6 Å². The fraction of sp³-hybridized carbons (Fsp3) is 0.375. The van der Waals surface area contributed by atoms with E-state index in [0.29, 0.717) is 16.5 Å². The summed E-state index contributed by atoms with van der Waals surface area (Å²) in [5.41, 5.74) is 1.32. The largest absolute Gasteiger partial charge is 0.573 e. The van der Waals surface area contributed by atoms with Crippen molar-refractivity contribution in [3.63, 3.8) is 0 Å². The van der Waals surface area contributed by atoms with Crippen molar-refractivity contribution < 1.29 is 22.7 Å². The number of carbonyl (C=O) groups is 1. The Labute approximate surface area is 177 Å². The Morgan fingerprint density at radius 1 is 1.19 bits per heavy atom. The first kappa shape index (κ1) is 21.1. The van der Waals surface area contributed by atoms with Crippen LogP contribution in [0.1, 0.15) is 43.7 Å². The summed E-state index contributed by atoms with van der Waals surface area (Å²) < 4.78 is 41.6. The van der Waals surface area contributed by atoms with Gasteiger partial charge in [-0.25, -0.2) is 4.99 Å². The van der Waals surface area contributed by atoms with Gasteiger partial charge in [0.05, 0.1) is 22.8 Å². The van der Waals surface area contributed by atoms with Crippen molar-refractivity contribution in [1.82, 2.24) is 0 Å². The summed E-state index contributed by atoms with van der Waals surface area (Å²) in [6.07, 6.45) is -0.827. The summed E-state index contributed by atoms with van der Waals surface area (Å²) in [4.78, 5) is 16.8. The Bertz CT molecular complexity index is 1200. The molecule has 0 N–H and O–H groups in total. The molecule has 2 aromatic rings. The van der Waals surface area contributed by atoms with Crippen LogP contribution in [0.25, 0.3) is 5.57 Å². The number of halogens is 3. The predicted octanol–water partition coefficient (Wildman–Crippen LogP) is 4.11. The monoisotopic (exact) mass is 426 g/mol. The fourth-order valence-corrected chi connectivity index (χ4v) is 4.51. The summed E-state index contributed by atoms with van der Waals surface area (Å²) >= 11 is 0. The highest BCUT2D eigenvalue weighted by molar-refractivity contribution is 5.90. The molecular weight excluding hydrogens is 405 g/mol. The average Bonchev–Trinajstić information content (AvgIpc) is 2.72. The summed E-state index contributed by atoms with van der Waals surface area (Å²) in [5, 5.41) is 11.5. The van der Waals surface area contributed by atoms with Crippen LogP contribution in [-0.4, -0.2) is 12.3 Å². The molecule has 0 bridgehead atoms. The number of carbonyl (C=O) groups excluding carboxylic acids is 1. The third-order valence-electron chi connectivity index (χ3n) is 6.06. The van der Waals surface area contributed by atoms with Gasteiger partial charge in [0.2, 0.25) is 0 Å². The number of ether oxygens (including phenoxy) is 1. The van der Waals surface area contributed by atoms with E-state index in [1.54, 1.807) is 19.1 Å². The number of nitrogens with zero attached hydrogens (tertiary/aromatic N) is 2. The first-order valence-electron chi connectivity index (χ1n) is 10.2. The molecule has 4 nitrogen and oxygen atoms in total. The summed E-state index contributed by atoms with van der Waals surface area (Å²) in [6, 6.07) is 13.5. The topological polar surface area (TPSA) is 62.4 Å². The first-order valence-corrected chi connectivity index (χ1v) is 10.2. The summed E-state index contributed by atoms with van der Waals surface area (Å²) in [6.45, 7) is 1.73. The molecule has 2 atom stereocenters. The smallest absolute Gasteiger partial charge is 0.406 e. The Hall–Kier alpha value is -3.14. The maximum atomic E-state index is 12.5. The number of hydrogen-bond acceptors (Lipinski definition) is 3. The molecule has 7 heteroatoms. The average molecular weight is 426 g/mol. The molecule has 1 amide bonds. The van der Waals surface area contributed by atoms with Crippen LogP contribution in [0.3, 0.4) is 0 Å². The van der Waals surface area contributed by atoms with Crippen molar-refractivity contribution >= 4 is 11.5 Å². The third-order valence-corrected chi connectivity index (χ3v) is 6.06. The molecule has 31 heavy (non-hydrogen) atoms. The number of benzene rings is 2. The van der Waals surface area contributed by atoms with E-state index in [1.165, 1.54) is 18.2 Å². The molecule has 0 aromatic heterocycles. The van der Waals surface area contributed by atoms with Gasteiger partial charge >= 0.3 is 6.36 Å². The first-order chi connectivity index (χ1) is 14.7. The lowest BCUT2D eigenvalue weighted by atomic mass is 9.77. The van der Waals surface area contributed by atoms with Gasteiger partial charge in [0, 0.05) is 5.22 Å². The van der Waals surface area contributed by atoms with E-state index in [-0.39, 0.29) is 24.0 Å². The summed E-state index contributed by atoms with van der Waals surface area (Å²) in [5.74, 6) is -0.586. The van der Waals surface area contributed by atoms with Crippen LogP contribution >= 0.6 is 0 Å². The van der Waals surface area contributed by atoms with E-state index < -0.39 is 11.8 Å². The quantitative estimate of drug-likeness (QED) is 0.739. The van der Waals surface area contributed by atoms with E-state index in [0.717, 1.165) is 36.5 Å². The summed E-state index contributed by atoms with van der Waals surface area (Å²) in [7, 11) is 0. The van der Waals surface area contributed by atoms with E-state index in [9.17, 15) is 23.2 Å². The van der Waals surface area contributed by atoms with Crippen LogP contribution < -0.4 is 15.3 Å². The van der Waals surface area contributed by atoms with E-state index in [1.807, 2.05) is 12.1 Å². The molecule has 1 aliphatic heterocycles. The van der Waals surface area contributed by atoms with Gasteiger partial charge in [0.15, 0.2) is 0 Å². The number of amides is 1. The molecule has 2 aromatic carbocycles. The maximum absolute atomic E-state index is 12.5. The maximum Gasteiger partial charge on any atom is 0.573 e. The normalized spacial score (nSPS) is 20.0. The van der Waals surface area contributed by atoms with Gasteiger partial charge in [-0.3, -0.25) is 4.79 Å². The highest BCUT2D eigenvalue weighted by Gasteiger charge is 2.33. The van der Waals surface area contributed by atoms with Gasteiger partial charge in [-0.15, -0.1) is 13.2 Å². The second kappa shape index (κ2) is 7.84. The van der Waals surface area contributed by atoms with E-state index >= 15 is 0 Å². The SMILES string of the molecule is CC(C#N)(Cc1cccc(OC(F)(F)F)c1)c1ccc2c(c1)=NC(=O)C1CCCCC=21. The minimum absolute atomic E-state index is 0.130. The van der Waals surface area contributed by atoms with Gasteiger partial charge in [0.1, 0.15) is 5.75 Å². The molecule has 160 valence electrons. The number of fused-ring (bicyclic) bond motifs is 2. The zero-order chi connectivity index (χ0) is 22.2. The molecule has 1 aliphatic carbocycles. The highest BCUT2D eigenvalue weighted by Crippen LogP contribution is 2.32. The second-order valence-electron chi connectivity index (χ2n) is 8.32. The lowest BCUT2D eigenvalue weighted by molar-refractivity contribution is -0.274. The van der Waals surface area contributed by atoms with Crippen molar-refractivity contribution in [1.29, 1.82) is 5.26 Å². The van der Waals surface area contributed by atoms with Crippen molar-refractivity contribution in [3.8, 4) is 11.8 Å². The number of alkyl halides is 3. The predicted molar refractivity (Wildman–Crippen MR) is 107 cm³/mol. The van der Waals surface area contributed by atoms with Gasteiger partial charge in [-0.05, 0) is 67.5 Å². The van der Waals surface area contributed by atoms with Crippen molar-refractivity contribution in [2.24, 2.45) is 10.9 Å². The van der Waals surface area contributed by atoms with Crippen molar-refractivity contribution in [3.05, 3.63) is 64.2 Å². The van der Waals surface area contributed by atoms with Gasteiger partial charge in [-0.1, -0.05) is 30.7 Å². The number of nitriles is 1. The Kier molecular flexibility index (Phi) is 5.34.